The van der Waals surface area contributed by atoms with Crippen molar-refractivity contribution in [2.24, 2.45) is 18.2 Å². The average molecular weight is 536 g/mol. The second-order valence-corrected chi connectivity index (χ2v) is 10.3. The Bertz CT molecular complexity index is 1180. The van der Waals surface area contributed by atoms with Gasteiger partial charge in [0.25, 0.3) is 0 Å². The number of hydrogen-bond donors (Lipinski definition) is 4. The van der Waals surface area contributed by atoms with E-state index in [2.05, 4.69) is 26.2 Å². The Morgan fingerprint density at radius 3 is 2.64 bits per heavy atom. The van der Waals surface area contributed by atoms with E-state index in [1.807, 2.05) is 0 Å². The molecule has 36 heavy (non-hydrogen) atoms. The first-order valence-electron chi connectivity index (χ1n) is 10.8. The highest BCUT2D eigenvalue weighted by atomic mass is 32.2. The zero-order chi connectivity index (χ0) is 26.0. The van der Waals surface area contributed by atoms with Crippen molar-refractivity contribution < 1.29 is 24.3 Å². The third kappa shape index (κ3) is 4.70. The van der Waals surface area contributed by atoms with Crippen LogP contribution in [0.25, 0.3) is 0 Å². The van der Waals surface area contributed by atoms with E-state index >= 15 is 0 Å². The molecule has 2 aromatic rings. The van der Waals surface area contributed by atoms with Crippen LogP contribution in [0.1, 0.15) is 0 Å². The van der Waals surface area contributed by atoms with Crippen molar-refractivity contribution in [1.82, 2.24) is 30.4 Å². The van der Waals surface area contributed by atoms with Gasteiger partial charge in [-0.25, -0.2) is 9.48 Å². The number of aromatic nitrogens is 4. The monoisotopic (exact) mass is 535 g/mol. The Morgan fingerprint density at radius 2 is 2.06 bits per heavy atom. The summed E-state index contributed by atoms with van der Waals surface area (Å²) in [5, 5.41) is 26.4. The van der Waals surface area contributed by atoms with Gasteiger partial charge in [0, 0.05) is 43.5 Å². The molecule has 0 bridgehead atoms. The first-order chi connectivity index (χ1) is 17.2. The van der Waals surface area contributed by atoms with Gasteiger partial charge in [0.1, 0.15) is 16.8 Å². The van der Waals surface area contributed by atoms with Crippen LogP contribution in [0.5, 0.6) is 0 Å². The smallest absolute Gasteiger partial charge is 0.318 e. The standard InChI is InChI=1S/C20H25N9O5S2/c1-22-18(34)23-11-3-5-12(6-4-11)29(13(30)7-21)14-15(31)28-8-20(17(32)33,9-35-16(14)28)10-36-19-24-25-26-27(19)2/h3-6,14,16H,7-10,21H2,1-2H3,(H,32,33)(H2,22,23,34)/t14?,16-,20?/m1/s1. The third-order valence-corrected chi connectivity index (χ3v) is 8.86. The number of carbonyl (C=O) groups excluding carboxylic acids is 3. The molecule has 4 rings (SSSR count). The number of nitrogens with two attached hydrogens (primary N) is 1. The van der Waals surface area contributed by atoms with Crippen LogP contribution >= 0.6 is 23.5 Å². The quantitative estimate of drug-likeness (QED) is 0.249. The molecule has 2 aliphatic rings. The minimum Gasteiger partial charge on any atom is -0.481 e. The fraction of sp³-hybridized carbons (Fsp3) is 0.450. The second-order valence-electron chi connectivity index (χ2n) is 8.29. The van der Waals surface area contributed by atoms with Crippen LogP contribution in [0.4, 0.5) is 16.2 Å². The summed E-state index contributed by atoms with van der Waals surface area (Å²) in [6.45, 7) is -0.298. The Balaban J connectivity index is 1.51. The number of aliphatic carboxylic acids is 1. The largest absolute Gasteiger partial charge is 0.481 e. The summed E-state index contributed by atoms with van der Waals surface area (Å²) in [6, 6.07) is 5.27. The number of nitrogens with zero attached hydrogens (tertiary/aromatic N) is 6. The highest BCUT2D eigenvalue weighted by molar-refractivity contribution is 8.00. The number of nitrogens with one attached hydrogen (secondary N) is 2. The molecule has 3 heterocycles. The van der Waals surface area contributed by atoms with Crippen LogP contribution < -0.4 is 21.3 Å². The van der Waals surface area contributed by atoms with E-state index in [0.717, 1.165) is 0 Å². The van der Waals surface area contributed by atoms with E-state index in [-0.39, 0.29) is 30.5 Å². The minimum atomic E-state index is -1.20. The number of hydrogen-bond acceptors (Lipinski definition) is 10. The predicted octanol–water partition coefficient (Wildman–Crippen LogP) is -0.600. The number of carbonyl (C=O) groups is 4. The van der Waals surface area contributed by atoms with Gasteiger partial charge >= 0.3 is 12.0 Å². The zero-order valence-electron chi connectivity index (χ0n) is 19.4. The Labute approximate surface area is 214 Å². The van der Waals surface area contributed by atoms with Gasteiger partial charge in [-0.3, -0.25) is 19.3 Å². The molecule has 0 aliphatic carbocycles. The van der Waals surface area contributed by atoms with Gasteiger partial charge in [-0.15, -0.1) is 16.9 Å². The minimum absolute atomic E-state index is 0.00720. The lowest BCUT2D eigenvalue weighted by molar-refractivity contribution is -0.156. The van der Waals surface area contributed by atoms with E-state index in [1.165, 1.54) is 45.1 Å². The Hall–Kier alpha value is -3.37. The Kier molecular flexibility index (Phi) is 7.37. The lowest BCUT2D eigenvalue weighted by Crippen LogP contribution is -2.75. The molecule has 2 aliphatic heterocycles. The van der Waals surface area contributed by atoms with Crippen molar-refractivity contribution in [2.45, 2.75) is 16.6 Å². The van der Waals surface area contributed by atoms with Gasteiger partial charge < -0.3 is 26.4 Å². The summed E-state index contributed by atoms with van der Waals surface area (Å²) in [5.74, 6) is -1.39. The number of amides is 4. The summed E-state index contributed by atoms with van der Waals surface area (Å²) >= 11 is 2.53. The van der Waals surface area contributed by atoms with Crippen molar-refractivity contribution in [2.75, 3.05) is 41.9 Å². The number of β-lactam (4-membered cyclic amide) rings is 1. The number of aryl methyl sites for hydroxylation is 1. The van der Waals surface area contributed by atoms with Crippen LogP contribution in [-0.2, 0) is 21.4 Å². The summed E-state index contributed by atoms with van der Waals surface area (Å²) in [5.41, 5.74) is 5.41. The summed E-state index contributed by atoms with van der Waals surface area (Å²) in [6.07, 6.45) is 0. The summed E-state index contributed by atoms with van der Waals surface area (Å²) in [7, 11) is 3.15. The fourth-order valence-electron chi connectivity index (χ4n) is 3.99. The van der Waals surface area contributed by atoms with Gasteiger partial charge in [0.2, 0.25) is 17.0 Å². The fourth-order valence-corrected chi connectivity index (χ4v) is 6.75. The number of carboxylic acid groups (broad SMARTS) is 1. The second kappa shape index (κ2) is 10.3. The molecule has 1 aromatic carbocycles. The summed E-state index contributed by atoms with van der Waals surface area (Å²) < 4.78 is 1.45. The highest BCUT2D eigenvalue weighted by Crippen LogP contribution is 2.46. The Morgan fingerprint density at radius 1 is 1.33 bits per heavy atom. The van der Waals surface area contributed by atoms with Crippen molar-refractivity contribution in [3.63, 3.8) is 0 Å². The predicted molar refractivity (Wildman–Crippen MR) is 132 cm³/mol. The molecule has 2 fully saturated rings. The maximum Gasteiger partial charge on any atom is 0.318 e. The van der Waals surface area contributed by atoms with Crippen molar-refractivity contribution in [3.8, 4) is 0 Å². The van der Waals surface area contributed by atoms with Gasteiger partial charge in [-0.2, -0.15) is 0 Å². The van der Waals surface area contributed by atoms with E-state index in [9.17, 15) is 24.3 Å². The number of anilines is 2. The lowest BCUT2D eigenvalue weighted by atomic mass is 9.89. The van der Waals surface area contributed by atoms with Gasteiger partial charge in [-0.1, -0.05) is 11.8 Å². The van der Waals surface area contributed by atoms with Gasteiger partial charge in [0.05, 0.1) is 6.54 Å². The molecule has 2 saturated heterocycles. The van der Waals surface area contributed by atoms with E-state index in [4.69, 9.17) is 5.73 Å². The van der Waals surface area contributed by atoms with Crippen molar-refractivity contribution >= 4 is 58.7 Å². The van der Waals surface area contributed by atoms with Crippen LogP contribution in [0.2, 0.25) is 0 Å². The van der Waals surface area contributed by atoms with Gasteiger partial charge in [-0.05, 0) is 34.7 Å². The molecule has 192 valence electrons. The van der Waals surface area contributed by atoms with Crippen LogP contribution in [-0.4, -0.2) is 97.1 Å². The number of thioether (sulfide) groups is 2. The number of fused-ring (bicyclic) bond motifs is 1. The van der Waals surface area contributed by atoms with Gasteiger partial charge in [0.15, 0.2) is 0 Å². The first-order valence-corrected chi connectivity index (χ1v) is 12.9. The zero-order valence-corrected chi connectivity index (χ0v) is 21.1. The molecule has 3 atom stereocenters. The third-order valence-electron chi connectivity index (χ3n) is 5.98. The van der Waals surface area contributed by atoms with E-state index < -0.39 is 34.7 Å². The molecule has 4 amide bonds. The van der Waals surface area contributed by atoms with Crippen LogP contribution in [0.3, 0.4) is 0 Å². The van der Waals surface area contributed by atoms with E-state index in [1.54, 1.807) is 31.3 Å². The number of urea groups is 1. The molecule has 1 aromatic heterocycles. The normalized spacial score (nSPS) is 22.9. The molecule has 0 spiro atoms. The number of rotatable bonds is 8. The maximum absolute atomic E-state index is 13.3. The number of carboxylic acids is 1. The molecule has 2 unspecified atom stereocenters. The molecule has 0 saturated carbocycles. The van der Waals surface area contributed by atoms with Crippen LogP contribution in [0, 0.1) is 5.41 Å². The molecular formula is C20H25N9O5S2. The SMILES string of the molecule is CNC(=O)Nc1ccc(N(C(=O)CN)C2C(=O)N3CC(CSc4nnnn4C)(C(=O)O)CS[C@H]23)cc1. The topological polar surface area (TPSA) is 189 Å². The van der Waals surface area contributed by atoms with Crippen LogP contribution in [0.15, 0.2) is 29.4 Å². The molecule has 16 heteroatoms. The average Bonchev–Trinajstić information content (AvgIpc) is 3.30. The summed E-state index contributed by atoms with van der Waals surface area (Å²) in [4.78, 5) is 52.7. The lowest BCUT2D eigenvalue weighted by Gasteiger charge is -2.56. The highest BCUT2D eigenvalue weighted by Gasteiger charge is 2.59. The molecule has 14 nitrogen and oxygen atoms in total. The number of benzene rings is 1. The maximum atomic E-state index is 13.3. The molecule has 0 radical (unpaired) electrons. The number of tetrazole rings is 1. The molecular weight excluding hydrogens is 510 g/mol. The van der Waals surface area contributed by atoms with Crippen molar-refractivity contribution in [3.05, 3.63) is 24.3 Å². The van der Waals surface area contributed by atoms with E-state index in [0.29, 0.717) is 16.5 Å². The first kappa shape index (κ1) is 25.7. The molecule has 5 N–H and O–H groups in total. The van der Waals surface area contributed by atoms with Crippen molar-refractivity contribution in [1.29, 1.82) is 0 Å².